The fraction of sp³-hybridized carbons (Fsp3) is 0.300. The molecule has 0 aliphatic carbocycles. The smallest absolute Gasteiger partial charge is 0.342 e. The Morgan fingerprint density at radius 1 is 1.00 bits per heavy atom. The molecule has 24 heavy (non-hydrogen) atoms. The number of rotatable bonds is 4. The lowest BCUT2D eigenvalue weighted by Crippen LogP contribution is -2.24. The highest BCUT2D eigenvalue weighted by atomic mass is 16.5. The zero-order valence-electron chi connectivity index (χ0n) is 14.4. The normalized spacial score (nSPS) is 12.5. The first-order chi connectivity index (χ1) is 11.2. The van der Waals surface area contributed by atoms with Gasteiger partial charge in [0, 0.05) is 5.56 Å². The predicted molar refractivity (Wildman–Crippen MR) is 92.5 cm³/mol. The first kappa shape index (κ1) is 17.7. The average Bonchev–Trinajstić information content (AvgIpc) is 2.53. The van der Waals surface area contributed by atoms with Gasteiger partial charge in [0.25, 0.3) is 0 Å². The summed E-state index contributed by atoms with van der Waals surface area (Å²) in [6.45, 7) is 7.82. The minimum absolute atomic E-state index is 0.00446. The first-order valence-corrected chi connectivity index (χ1v) is 7.84. The van der Waals surface area contributed by atoms with E-state index in [-0.39, 0.29) is 22.5 Å². The maximum absolute atomic E-state index is 12.4. The van der Waals surface area contributed by atoms with Crippen molar-refractivity contribution in [3.63, 3.8) is 0 Å². The van der Waals surface area contributed by atoms with Crippen molar-refractivity contribution >= 4 is 11.8 Å². The molecular formula is C20H22O4. The molecule has 2 rings (SSSR count). The minimum Gasteiger partial charge on any atom is -0.507 e. The van der Waals surface area contributed by atoms with E-state index in [4.69, 9.17) is 4.74 Å². The summed E-state index contributed by atoms with van der Waals surface area (Å²) in [5, 5.41) is 9.67. The summed E-state index contributed by atoms with van der Waals surface area (Å²) in [6.07, 6.45) is -0.933. The molecule has 0 aromatic heterocycles. The molecule has 0 amide bonds. The second kappa shape index (κ2) is 6.87. The number of benzene rings is 2. The molecule has 1 N–H and O–H groups in total. The number of hydrogen-bond acceptors (Lipinski definition) is 4. The summed E-state index contributed by atoms with van der Waals surface area (Å²) < 4.78 is 5.18. The van der Waals surface area contributed by atoms with Crippen LogP contribution in [0.4, 0.5) is 0 Å². The number of carbonyl (C=O) groups excluding carboxylic acids is 2. The Kier molecular flexibility index (Phi) is 5.07. The molecule has 0 fully saturated rings. The summed E-state index contributed by atoms with van der Waals surface area (Å²) in [5.74, 6) is -1.17. The summed E-state index contributed by atoms with van der Waals surface area (Å²) in [6, 6.07) is 13.4. The van der Waals surface area contributed by atoms with Gasteiger partial charge in [0.05, 0.1) is 0 Å². The Labute approximate surface area is 142 Å². The molecule has 4 heteroatoms. The zero-order valence-corrected chi connectivity index (χ0v) is 14.4. The van der Waals surface area contributed by atoms with Crippen molar-refractivity contribution in [3.05, 3.63) is 65.2 Å². The van der Waals surface area contributed by atoms with E-state index in [1.165, 1.54) is 19.1 Å². The summed E-state index contributed by atoms with van der Waals surface area (Å²) in [7, 11) is 0. The zero-order chi connectivity index (χ0) is 17.9. The monoisotopic (exact) mass is 326 g/mol. The van der Waals surface area contributed by atoms with Crippen LogP contribution in [0.15, 0.2) is 48.5 Å². The molecule has 126 valence electrons. The van der Waals surface area contributed by atoms with E-state index in [1.54, 1.807) is 24.3 Å². The van der Waals surface area contributed by atoms with Gasteiger partial charge in [-0.25, -0.2) is 4.79 Å². The second-order valence-electron chi connectivity index (χ2n) is 6.76. The van der Waals surface area contributed by atoms with Gasteiger partial charge in [0.1, 0.15) is 11.3 Å². The topological polar surface area (TPSA) is 63.6 Å². The lowest BCUT2D eigenvalue weighted by molar-refractivity contribution is 0.0316. The number of phenols is 1. The molecule has 0 aliphatic rings. The van der Waals surface area contributed by atoms with Crippen molar-refractivity contribution in [1.29, 1.82) is 0 Å². The summed E-state index contributed by atoms with van der Waals surface area (Å²) >= 11 is 0. The SMILES string of the molecule is C[C@@H](OC(=O)c1ccccc1O)C(=O)c1ccc(C(C)(C)C)cc1. The Hall–Kier alpha value is -2.62. The van der Waals surface area contributed by atoms with E-state index < -0.39 is 12.1 Å². The molecule has 0 saturated heterocycles. The number of carbonyl (C=O) groups is 2. The largest absolute Gasteiger partial charge is 0.507 e. The van der Waals surface area contributed by atoms with Gasteiger partial charge in [-0.3, -0.25) is 4.79 Å². The van der Waals surface area contributed by atoms with E-state index >= 15 is 0 Å². The molecule has 0 radical (unpaired) electrons. The van der Waals surface area contributed by atoms with Gasteiger partial charge < -0.3 is 9.84 Å². The number of para-hydroxylation sites is 1. The van der Waals surface area contributed by atoms with Crippen LogP contribution in [0.1, 0.15) is 54.0 Å². The minimum atomic E-state index is -0.933. The van der Waals surface area contributed by atoms with Crippen molar-refractivity contribution in [2.45, 2.75) is 39.2 Å². The Morgan fingerprint density at radius 3 is 2.12 bits per heavy atom. The van der Waals surface area contributed by atoms with Crippen LogP contribution in [0.3, 0.4) is 0 Å². The van der Waals surface area contributed by atoms with Crippen molar-refractivity contribution < 1.29 is 19.4 Å². The predicted octanol–water partition coefficient (Wildman–Crippen LogP) is 4.12. The maximum atomic E-state index is 12.4. The highest BCUT2D eigenvalue weighted by molar-refractivity contribution is 6.01. The van der Waals surface area contributed by atoms with Crippen molar-refractivity contribution in [2.75, 3.05) is 0 Å². The molecule has 0 aliphatic heterocycles. The average molecular weight is 326 g/mol. The van der Waals surface area contributed by atoms with E-state index in [0.717, 1.165) is 5.56 Å². The van der Waals surface area contributed by atoms with E-state index in [1.807, 2.05) is 12.1 Å². The molecule has 0 heterocycles. The van der Waals surface area contributed by atoms with Crippen LogP contribution in [0.5, 0.6) is 5.75 Å². The van der Waals surface area contributed by atoms with Crippen LogP contribution < -0.4 is 0 Å². The Balaban J connectivity index is 2.10. The van der Waals surface area contributed by atoms with Crippen LogP contribution in [-0.4, -0.2) is 23.0 Å². The van der Waals surface area contributed by atoms with Crippen molar-refractivity contribution in [2.24, 2.45) is 0 Å². The summed E-state index contributed by atoms with van der Waals surface area (Å²) in [4.78, 5) is 24.5. The van der Waals surface area contributed by atoms with E-state index in [2.05, 4.69) is 20.8 Å². The maximum Gasteiger partial charge on any atom is 0.342 e. The standard InChI is InChI=1S/C20H22O4/c1-13(24-19(23)16-7-5-6-8-17(16)21)18(22)14-9-11-15(12-10-14)20(2,3)4/h5-13,21H,1-4H3/t13-/m1/s1. The van der Waals surface area contributed by atoms with E-state index in [9.17, 15) is 14.7 Å². The highest BCUT2D eigenvalue weighted by Gasteiger charge is 2.22. The third kappa shape index (κ3) is 4.02. The number of Topliss-reactive ketones (excluding diaryl/α,β-unsaturated/α-hetero) is 1. The number of phenolic OH excluding ortho intramolecular Hbond substituents is 1. The van der Waals surface area contributed by atoms with Gasteiger partial charge in [-0.1, -0.05) is 57.2 Å². The quantitative estimate of drug-likeness (QED) is 0.678. The highest BCUT2D eigenvalue weighted by Crippen LogP contribution is 2.23. The third-order valence-corrected chi connectivity index (χ3v) is 3.81. The van der Waals surface area contributed by atoms with Gasteiger partial charge in [-0.15, -0.1) is 0 Å². The molecule has 0 saturated carbocycles. The van der Waals surface area contributed by atoms with Gasteiger partial charge >= 0.3 is 5.97 Å². The van der Waals surface area contributed by atoms with Crippen molar-refractivity contribution in [3.8, 4) is 5.75 Å². The van der Waals surface area contributed by atoms with Crippen LogP contribution in [-0.2, 0) is 10.2 Å². The third-order valence-electron chi connectivity index (χ3n) is 3.81. The Bertz CT molecular complexity index is 739. The number of ether oxygens (including phenoxy) is 1. The van der Waals surface area contributed by atoms with Crippen molar-refractivity contribution in [1.82, 2.24) is 0 Å². The van der Waals surface area contributed by atoms with Crippen LogP contribution in [0.2, 0.25) is 0 Å². The fourth-order valence-electron chi connectivity index (χ4n) is 2.29. The van der Waals surface area contributed by atoms with Gasteiger partial charge in [0.15, 0.2) is 6.10 Å². The lowest BCUT2D eigenvalue weighted by atomic mass is 9.86. The molecule has 0 bridgehead atoms. The van der Waals surface area contributed by atoms with Crippen LogP contribution in [0.25, 0.3) is 0 Å². The van der Waals surface area contributed by atoms with Gasteiger partial charge in [0.2, 0.25) is 5.78 Å². The number of hydrogen-bond donors (Lipinski definition) is 1. The van der Waals surface area contributed by atoms with Gasteiger partial charge in [-0.05, 0) is 30.0 Å². The summed E-state index contributed by atoms with van der Waals surface area (Å²) in [5.41, 5.74) is 1.66. The first-order valence-electron chi connectivity index (χ1n) is 7.84. The number of aromatic hydroxyl groups is 1. The Morgan fingerprint density at radius 2 is 1.58 bits per heavy atom. The second-order valence-corrected chi connectivity index (χ2v) is 6.76. The van der Waals surface area contributed by atoms with Crippen LogP contribution >= 0.6 is 0 Å². The molecule has 0 unspecified atom stereocenters. The van der Waals surface area contributed by atoms with Gasteiger partial charge in [-0.2, -0.15) is 0 Å². The number of esters is 1. The van der Waals surface area contributed by atoms with Crippen LogP contribution in [0, 0.1) is 0 Å². The fourth-order valence-corrected chi connectivity index (χ4v) is 2.29. The molecular weight excluding hydrogens is 304 g/mol. The molecule has 2 aromatic rings. The molecule has 4 nitrogen and oxygen atoms in total. The molecule has 2 aromatic carbocycles. The molecule has 1 atom stereocenters. The number of ketones is 1. The lowest BCUT2D eigenvalue weighted by Gasteiger charge is -2.19. The van der Waals surface area contributed by atoms with E-state index in [0.29, 0.717) is 5.56 Å². The molecule has 0 spiro atoms.